The van der Waals surface area contributed by atoms with Crippen molar-refractivity contribution in [3.8, 4) is 23.4 Å². The van der Waals surface area contributed by atoms with Gasteiger partial charge in [-0.2, -0.15) is 0 Å². The van der Waals surface area contributed by atoms with Crippen molar-refractivity contribution in [3.05, 3.63) is 86.5 Å². The predicted octanol–water partition coefficient (Wildman–Crippen LogP) is 4.01. The Morgan fingerprint density at radius 2 is 2.06 bits per heavy atom. The van der Waals surface area contributed by atoms with Crippen LogP contribution in [0.25, 0.3) is 11.3 Å². The van der Waals surface area contributed by atoms with Crippen LogP contribution >= 0.6 is 0 Å². The molecule has 4 rings (SSSR count). The number of nitrogens with one attached hydrogen (secondary N) is 1. The van der Waals surface area contributed by atoms with Crippen molar-refractivity contribution >= 4 is 20.5 Å². The van der Waals surface area contributed by atoms with E-state index in [-0.39, 0.29) is 26.7 Å². The molecule has 7 nitrogen and oxygen atoms in total. The Bertz CT molecular complexity index is 1310. The summed E-state index contributed by atoms with van der Waals surface area (Å²) in [5, 5.41) is 23.4. The van der Waals surface area contributed by atoms with Crippen LogP contribution in [0.15, 0.2) is 80.6 Å². The third-order valence-corrected chi connectivity index (χ3v) is 7.20. The summed E-state index contributed by atoms with van der Waals surface area (Å²) in [4.78, 5) is 19.6. The molecule has 33 heavy (non-hydrogen) atoms. The molecule has 1 aliphatic rings. The molecule has 1 aromatic carbocycles. The first-order valence-electron chi connectivity index (χ1n) is 10.3. The second-order valence-electron chi connectivity index (χ2n) is 7.27. The first-order valence-corrected chi connectivity index (χ1v) is 12.2. The molecular formula is C25H20N4O3Se. The zero-order valence-electron chi connectivity index (χ0n) is 18.0. The zero-order chi connectivity index (χ0) is 23.4. The Morgan fingerprint density at radius 1 is 1.27 bits per heavy atom. The average Bonchev–Trinajstić information content (AvgIpc) is 3.53. The number of nitrogens with zero attached hydrogens (tertiary/aromatic N) is 3. The Kier molecular flexibility index (Phi) is 6.60. The third-order valence-electron chi connectivity index (χ3n) is 5.29. The fraction of sp³-hybridized carbons (Fsp3) is 0.200. The van der Waals surface area contributed by atoms with Crippen LogP contribution in [0.4, 0.5) is 0 Å². The molecule has 2 aromatic heterocycles. The van der Waals surface area contributed by atoms with Crippen molar-refractivity contribution in [3.63, 3.8) is 0 Å². The van der Waals surface area contributed by atoms with Gasteiger partial charge in [0, 0.05) is 0 Å². The van der Waals surface area contributed by atoms with E-state index in [1.807, 2.05) is 35.3 Å². The predicted molar refractivity (Wildman–Crippen MR) is 122 cm³/mol. The van der Waals surface area contributed by atoms with Crippen LogP contribution in [0.3, 0.4) is 0 Å². The van der Waals surface area contributed by atoms with Crippen LogP contribution in [0.5, 0.6) is 0 Å². The number of benzene rings is 1. The second-order valence-corrected chi connectivity index (χ2v) is 9.14. The number of ether oxygens (including phenoxy) is 1. The minimum absolute atomic E-state index is 0.153. The van der Waals surface area contributed by atoms with Crippen LogP contribution in [-0.4, -0.2) is 32.1 Å². The van der Waals surface area contributed by atoms with Crippen LogP contribution in [0.1, 0.15) is 36.0 Å². The maximum absolute atomic E-state index is 12.8. The number of esters is 1. The van der Waals surface area contributed by atoms with Crippen LogP contribution in [0, 0.1) is 22.7 Å². The molecule has 0 aliphatic carbocycles. The van der Waals surface area contributed by atoms with Crippen molar-refractivity contribution in [2.75, 3.05) is 6.61 Å². The van der Waals surface area contributed by atoms with Gasteiger partial charge in [0.15, 0.2) is 0 Å². The van der Waals surface area contributed by atoms with Gasteiger partial charge in [0.2, 0.25) is 0 Å². The number of rotatable bonds is 6. The van der Waals surface area contributed by atoms with E-state index in [0.717, 1.165) is 11.3 Å². The van der Waals surface area contributed by atoms with E-state index in [2.05, 4.69) is 17.5 Å². The number of nitriles is 2. The summed E-state index contributed by atoms with van der Waals surface area (Å²) in [5.41, 5.74) is 3.29. The molecule has 2 atom stereocenters. The van der Waals surface area contributed by atoms with Crippen molar-refractivity contribution < 1.29 is 13.9 Å². The van der Waals surface area contributed by atoms with E-state index in [9.17, 15) is 15.3 Å². The summed E-state index contributed by atoms with van der Waals surface area (Å²) >= 11 is -0.153. The molecular weight excluding hydrogens is 483 g/mol. The van der Waals surface area contributed by atoms with Gasteiger partial charge in [-0.1, -0.05) is 0 Å². The van der Waals surface area contributed by atoms with Crippen LogP contribution in [0.2, 0.25) is 0 Å². The number of allylic oxidation sites excluding steroid dienone is 3. The van der Waals surface area contributed by atoms with E-state index in [4.69, 9.17) is 14.1 Å². The molecule has 8 heteroatoms. The van der Waals surface area contributed by atoms with Gasteiger partial charge in [-0.15, -0.1) is 0 Å². The van der Waals surface area contributed by atoms with Gasteiger partial charge >= 0.3 is 197 Å². The number of hydrogen-bond acceptors (Lipinski definition) is 7. The van der Waals surface area contributed by atoms with Gasteiger partial charge in [0.05, 0.1) is 0 Å². The van der Waals surface area contributed by atoms with Gasteiger partial charge in [-0.05, 0) is 0 Å². The summed E-state index contributed by atoms with van der Waals surface area (Å²) in [6.45, 7) is 3.66. The standard InChI is InChI=1S/C25H20N4O3Se/c1-3-31-25(30)21-15(2)28-23(17(12-26)22(21)20-10-7-11-32-20)18(13-27)24-29-19(14-33-24)16-8-5-4-6-9-16/h4-11,14,18,22,28H,3H2,1-2H3. The van der Waals surface area contributed by atoms with Gasteiger partial charge in [-0.25, -0.2) is 0 Å². The van der Waals surface area contributed by atoms with Crippen molar-refractivity contribution in [1.82, 2.24) is 10.3 Å². The van der Waals surface area contributed by atoms with Crippen LogP contribution < -0.4 is 5.32 Å². The third kappa shape index (κ3) is 4.27. The van der Waals surface area contributed by atoms with Gasteiger partial charge in [0.1, 0.15) is 0 Å². The van der Waals surface area contributed by atoms with E-state index in [1.54, 1.807) is 26.0 Å². The molecule has 3 aromatic rings. The van der Waals surface area contributed by atoms with E-state index >= 15 is 0 Å². The molecule has 0 amide bonds. The molecule has 1 aliphatic heterocycles. The first kappa shape index (κ1) is 22.4. The normalized spacial score (nSPS) is 16.5. The number of furan rings is 1. The SMILES string of the molecule is CCOC(=O)C1=C(C)NC(C(C#N)c2nc(-c3ccccc3)c[se]2)=C(C#N)C1c1ccco1. The molecule has 1 N–H and O–H groups in total. The van der Waals surface area contributed by atoms with Gasteiger partial charge < -0.3 is 0 Å². The monoisotopic (exact) mass is 504 g/mol. The molecule has 3 heterocycles. The second kappa shape index (κ2) is 9.75. The van der Waals surface area contributed by atoms with Gasteiger partial charge in [0.25, 0.3) is 0 Å². The minimum atomic E-state index is -0.771. The summed E-state index contributed by atoms with van der Waals surface area (Å²) < 4.78 is 11.6. The zero-order valence-corrected chi connectivity index (χ0v) is 19.7. The molecule has 0 fully saturated rings. The molecule has 0 bridgehead atoms. The summed E-state index contributed by atoms with van der Waals surface area (Å²) in [6, 6.07) is 17.7. The fourth-order valence-electron chi connectivity index (χ4n) is 3.83. The number of carbonyl (C=O) groups excluding carboxylic acids is 1. The maximum atomic E-state index is 12.8. The molecule has 164 valence electrons. The van der Waals surface area contributed by atoms with Crippen molar-refractivity contribution in [1.29, 1.82) is 10.5 Å². The average molecular weight is 503 g/mol. The van der Waals surface area contributed by atoms with E-state index < -0.39 is 17.8 Å². The Morgan fingerprint density at radius 3 is 2.70 bits per heavy atom. The van der Waals surface area contributed by atoms with Gasteiger partial charge in [-0.3, -0.25) is 0 Å². The number of hydrogen-bond donors (Lipinski definition) is 1. The molecule has 0 saturated carbocycles. The van der Waals surface area contributed by atoms with Crippen molar-refractivity contribution in [2.24, 2.45) is 0 Å². The molecule has 2 unspecified atom stereocenters. The van der Waals surface area contributed by atoms with Crippen LogP contribution in [-0.2, 0) is 9.53 Å². The Hall–Kier alpha value is -3.84. The topological polar surface area (TPSA) is 112 Å². The summed E-state index contributed by atoms with van der Waals surface area (Å²) in [6.07, 6.45) is 1.49. The molecule has 0 radical (unpaired) electrons. The summed E-state index contributed by atoms with van der Waals surface area (Å²) in [7, 11) is 0. The van der Waals surface area contributed by atoms with Crippen molar-refractivity contribution in [2.45, 2.75) is 25.7 Å². The number of dihydropyridines is 1. The summed E-state index contributed by atoms with van der Waals surface area (Å²) in [5.74, 6) is -1.62. The molecule has 0 saturated heterocycles. The number of carbonyl (C=O) groups is 1. The quantitative estimate of drug-likeness (QED) is 0.400. The Labute approximate surface area is 197 Å². The van der Waals surface area contributed by atoms with E-state index in [0.29, 0.717) is 27.3 Å². The first-order chi connectivity index (χ1) is 16.1. The fourth-order valence-corrected chi connectivity index (χ4v) is 5.67. The van der Waals surface area contributed by atoms with E-state index in [1.165, 1.54) is 6.26 Å². The Balaban J connectivity index is 1.81. The number of aromatic nitrogens is 1. The molecule has 0 spiro atoms.